The van der Waals surface area contributed by atoms with Crippen LogP contribution in [0.25, 0.3) is 0 Å². The number of carbonyl (C=O) groups is 2. The van der Waals surface area contributed by atoms with Gasteiger partial charge in [-0.15, -0.1) is 0 Å². The molecule has 0 heterocycles. The van der Waals surface area contributed by atoms with Crippen molar-refractivity contribution in [1.29, 1.82) is 0 Å². The number of halogens is 2. The number of hydrogen-bond donors (Lipinski definition) is 2. The summed E-state index contributed by atoms with van der Waals surface area (Å²) in [5.41, 5.74) is 6.31. The third kappa shape index (κ3) is 8.72. The average Bonchev–Trinajstić information content (AvgIpc) is 2.65. The Morgan fingerprint density at radius 2 is 1.15 bits per heavy atom. The Kier molecular flexibility index (Phi) is 8.82. The van der Waals surface area contributed by atoms with E-state index in [0.717, 1.165) is 20.1 Å². The summed E-state index contributed by atoms with van der Waals surface area (Å²) in [6.45, 7) is -0.580. The molecule has 0 aliphatic heterocycles. The Balaban J connectivity index is 1.61. The van der Waals surface area contributed by atoms with Crippen molar-refractivity contribution in [3.8, 4) is 0 Å². The summed E-state index contributed by atoms with van der Waals surface area (Å²) in [6, 6.07) is 14.8. The van der Waals surface area contributed by atoms with Gasteiger partial charge in [-0.25, -0.2) is 10.9 Å². The predicted molar refractivity (Wildman–Crippen MR) is 111 cm³/mol. The van der Waals surface area contributed by atoms with Crippen molar-refractivity contribution in [2.45, 2.75) is 0 Å². The Morgan fingerprint density at radius 3 is 1.52 bits per heavy atom. The van der Waals surface area contributed by atoms with E-state index in [1.54, 1.807) is 0 Å². The summed E-state index contributed by atoms with van der Waals surface area (Å²) in [5.74, 6) is -0.927. The van der Waals surface area contributed by atoms with Crippen LogP contribution in [0.15, 0.2) is 67.7 Å². The van der Waals surface area contributed by atoms with E-state index in [4.69, 9.17) is 4.74 Å². The standard InChI is InChI=1S/C18H16Br2N4O3/c19-15-5-1-13(2-6-15)9-21-23-17(25)11-27-12-18(26)24-22-10-14-3-7-16(20)8-4-14/h1-10H,11-12H2,(H,23,25)(H,24,26). The molecule has 0 aliphatic carbocycles. The largest absolute Gasteiger partial charge is 0.362 e. The summed E-state index contributed by atoms with van der Waals surface area (Å²) in [7, 11) is 0. The molecule has 0 fully saturated rings. The molecule has 9 heteroatoms. The van der Waals surface area contributed by atoms with Gasteiger partial charge < -0.3 is 4.74 Å². The summed E-state index contributed by atoms with van der Waals surface area (Å²) < 4.78 is 6.92. The van der Waals surface area contributed by atoms with Gasteiger partial charge in [-0.2, -0.15) is 10.2 Å². The van der Waals surface area contributed by atoms with Crippen molar-refractivity contribution in [3.63, 3.8) is 0 Å². The van der Waals surface area contributed by atoms with Gasteiger partial charge in [0.2, 0.25) is 0 Å². The minimum absolute atomic E-state index is 0.290. The number of benzene rings is 2. The fourth-order valence-electron chi connectivity index (χ4n) is 1.76. The second kappa shape index (κ2) is 11.4. The lowest BCUT2D eigenvalue weighted by Crippen LogP contribution is -2.28. The van der Waals surface area contributed by atoms with Crippen molar-refractivity contribution in [2.24, 2.45) is 10.2 Å². The van der Waals surface area contributed by atoms with Gasteiger partial charge in [-0.1, -0.05) is 56.1 Å². The fourth-order valence-corrected chi connectivity index (χ4v) is 2.28. The molecule has 2 N–H and O–H groups in total. The summed E-state index contributed by atoms with van der Waals surface area (Å²) >= 11 is 6.67. The zero-order chi connectivity index (χ0) is 19.5. The average molecular weight is 496 g/mol. The number of amides is 2. The molecule has 7 nitrogen and oxygen atoms in total. The molecule has 0 spiro atoms. The van der Waals surface area contributed by atoms with Crippen molar-refractivity contribution >= 4 is 56.1 Å². The van der Waals surface area contributed by atoms with Gasteiger partial charge in [0.15, 0.2) is 0 Å². The highest BCUT2D eigenvalue weighted by molar-refractivity contribution is 9.10. The lowest BCUT2D eigenvalue weighted by molar-refractivity contribution is -0.130. The SMILES string of the molecule is O=C(COCC(=O)NN=Cc1ccc(Br)cc1)NN=Cc1ccc(Br)cc1. The third-order valence-corrected chi connectivity index (χ3v) is 4.07. The molecule has 0 aromatic heterocycles. The van der Waals surface area contributed by atoms with Crippen LogP contribution in [-0.2, 0) is 14.3 Å². The summed E-state index contributed by atoms with van der Waals surface area (Å²) in [4.78, 5) is 23.1. The van der Waals surface area contributed by atoms with Crippen LogP contribution < -0.4 is 10.9 Å². The van der Waals surface area contributed by atoms with Crippen LogP contribution in [0, 0.1) is 0 Å². The van der Waals surface area contributed by atoms with Crippen LogP contribution in [-0.4, -0.2) is 37.5 Å². The molecular formula is C18H16Br2N4O3. The van der Waals surface area contributed by atoms with E-state index >= 15 is 0 Å². The second-order valence-electron chi connectivity index (χ2n) is 5.18. The van der Waals surface area contributed by atoms with E-state index < -0.39 is 11.8 Å². The van der Waals surface area contributed by atoms with Crippen molar-refractivity contribution in [1.82, 2.24) is 10.9 Å². The highest BCUT2D eigenvalue weighted by Crippen LogP contribution is 2.09. The number of hydrazone groups is 2. The maximum absolute atomic E-state index is 11.6. The van der Waals surface area contributed by atoms with Crippen LogP contribution in [0.2, 0.25) is 0 Å². The van der Waals surface area contributed by atoms with Gasteiger partial charge in [-0.3, -0.25) is 9.59 Å². The molecule has 140 valence electrons. The second-order valence-corrected chi connectivity index (χ2v) is 7.01. The lowest BCUT2D eigenvalue weighted by atomic mass is 10.2. The van der Waals surface area contributed by atoms with E-state index in [0.29, 0.717) is 0 Å². The molecule has 0 saturated heterocycles. The molecule has 0 unspecified atom stereocenters. The highest BCUT2D eigenvalue weighted by Gasteiger charge is 2.03. The number of nitrogens with one attached hydrogen (secondary N) is 2. The smallest absolute Gasteiger partial charge is 0.266 e. The molecule has 0 atom stereocenters. The highest BCUT2D eigenvalue weighted by atomic mass is 79.9. The zero-order valence-corrected chi connectivity index (χ0v) is 17.2. The molecule has 2 amide bonds. The first-order valence-electron chi connectivity index (χ1n) is 7.75. The molecule has 2 rings (SSSR count). The lowest BCUT2D eigenvalue weighted by Gasteiger charge is -2.02. The number of carbonyl (C=O) groups excluding carboxylic acids is 2. The van der Waals surface area contributed by atoms with Crippen LogP contribution in [0.3, 0.4) is 0 Å². The quantitative estimate of drug-likeness (QED) is 0.435. The van der Waals surface area contributed by atoms with E-state index in [2.05, 4.69) is 52.9 Å². The topological polar surface area (TPSA) is 92.2 Å². The van der Waals surface area contributed by atoms with Gasteiger partial charge >= 0.3 is 0 Å². The van der Waals surface area contributed by atoms with E-state index in [-0.39, 0.29) is 13.2 Å². The summed E-state index contributed by atoms with van der Waals surface area (Å²) in [5, 5.41) is 7.62. The van der Waals surface area contributed by atoms with Crippen molar-refractivity contribution < 1.29 is 14.3 Å². The maximum Gasteiger partial charge on any atom is 0.266 e. The Labute approximate surface area is 173 Å². The van der Waals surface area contributed by atoms with Crippen molar-refractivity contribution in [3.05, 3.63) is 68.6 Å². The zero-order valence-electron chi connectivity index (χ0n) is 14.1. The monoisotopic (exact) mass is 494 g/mol. The Bertz CT molecular complexity index is 752. The van der Waals surface area contributed by atoms with Gasteiger partial charge in [0, 0.05) is 8.95 Å². The normalized spacial score (nSPS) is 11.0. The van der Waals surface area contributed by atoms with Crippen LogP contribution >= 0.6 is 31.9 Å². The van der Waals surface area contributed by atoms with Crippen LogP contribution in [0.1, 0.15) is 11.1 Å². The van der Waals surface area contributed by atoms with Crippen molar-refractivity contribution in [2.75, 3.05) is 13.2 Å². The van der Waals surface area contributed by atoms with E-state index in [1.807, 2.05) is 48.5 Å². The molecule has 0 radical (unpaired) electrons. The maximum atomic E-state index is 11.6. The summed E-state index contributed by atoms with van der Waals surface area (Å²) in [6.07, 6.45) is 3.02. The fraction of sp³-hybridized carbons (Fsp3) is 0.111. The first kappa shape index (κ1) is 20.9. The number of hydrogen-bond acceptors (Lipinski definition) is 5. The number of rotatable bonds is 8. The van der Waals surface area contributed by atoms with Gasteiger partial charge in [0.05, 0.1) is 12.4 Å². The van der Waals surface area contributed by atoms with Gasteiger partial charge in [-0.05, 0) is 35.4 Å². The van der Waals surface area contributed by atoms with E-state index in [9.17, 15) is 9.59 Å². The molecule has 0 bridgehead atoms. The molecule has 0 saturated carbocycles. The van der Waals surface area contributed by atoms with Crippen LogP contribution in [0.5, 0.6) is 0 Å². The van der Waals surface area contributed by atoms with Gasteiger partial charge in [0.1, 0.15) is 13.2 Å². The third-order valence-electron chi connectivity index (χ3n) is 3.01. The van der Waals surface area contributed by atoms with Crippen LogP contribution in [0.4, 0.5) is 0 Å². The first-order valence-corrected chi connectivity index (χ1v) is 9.34. The minimum atomic E-state index is -0.463. The Morgan fingerprint density at radius 1 is 0.778 bits per heavy atom. The molecule has 2 aromatic rings. The molecule has 2 aromatic carbocycles. The molecular weight excluding hydrogens is 480 g/mol. The molecule has 0 aliphatic rings. The predicted octanol–water partition coefficient (Wildman–Crippen LogP) is 2.83. The minimum Gasteiger partial charge on any atom is -0.362 e. The molecule has 27 heavy (non-hydrogen) atoms. The van der Waals surface area contributed by atoms with E-state index in [1.165, 1.54) is 12.4 Å². The number of ether oxygens (including phenoxy) is 1. The number of nitrogens with zero attached hydrogens (tertiary/aromatic N) is 2. The Hall–Kier alpha value is -2.36. The van der Waals surface area contributed by atoms with Gasteiger partial charge in [0.25, 0.3) is 11.8 Å². The first-order chi connectivity index (χ1) is 13.0.